The molecule has 0 spiro atoms. The molecule has 2 aliphatic rings. The molecule has 1 aliphatic carbocycles. The molecule has 7 heteroatoms. The molecule has 0 N–H and O–H groups in total. The molecule has 33 heavy (non-hydrogen) atoms. The maximum Gasteiger partial charge on any atom is 0.308 e. The number of rotatable bonds is 7. The van der Waals surface area contributed by atoms with Crippen LogP contribution in [0.2, 0.25) is 5.02 Å². The second kappa shape index (κ2) is 11.0. The molecule has 2 unspecified atom stereocenters. The van der Waals surface area contributed by atoms with E-state index in [1.165, 1.54) is 24.1 Å². The Morgan fingerprint density at radius 2 is 1.94 bits per heavy atom. The highest BCUT2D eigenvalue weighted by atomic mass is 35.5. The molecule has 0 bridgehead atoms. The number of carbonyl (C=O) groups excluding carboxylic acids is 1. The van der Waals surface area contributed by atoms with E-state index in [4.69, 9.17) is 26.2 Å². The second-order valence-corrected chi connectivity index (χ2v) is 9.90. The molecule has 0 amide bonds. The molecule has 1 saturated carbocycles. The van der Waals surface area contributed by atoms with Crippen molar-refractivity contribution in [2.75, 3.05) is 20.3 Å². The number of carbonyl (C=O) groups is 1. The highest BCUT2D eigenvalue weighted by Crippen LogP contribution is 2.36. The van der Waals surface area contributed by atoms with Gasteiger partial charge < -0.3 is 9.47 Å². The molecule has 2 atom stereocenters. The van der Waals surface area contributed by atoms with Crippen LogP contribution in [-0.2, 0) is 34.2 Å². The maximum absolute atomic E-state index is 11.9. The molecule has 4 rings (SSSR count). The van der Waals surface area contributed by atoms with Crippen molar-refractivity contribution in [3.63, 3.8) is 0 Å². The first-order valence-electron chi connectivity index (χ1n) is 12.2. The van der Waals surface area contributed by atoms with E-state index in [9.17, 15) is 4.79 Å². The van der Waals surface area contributed by atoms with Gasteiger partial charge in [0.05, 0.1) is 31.9 Å². The average molecular weight is 474 g/mol. The van der Waals surface area contributed by atoms with Crippen LogP contribution in [0.5, 0.6) is 0 Å². The summed E-state index contributed by atoms with van der Waals surface area (Å²) in [5.74, 6) is 0.330. The van der Waals surface area contributed by atoms with Crippen LogP contribution in [0.4, 0.5) is 0 Å². The molecule has 1 aromatic heterocycles. The zero-order valence-corrected chi connectivity index (χ0v) is 20.8. The van der Waals surface area contributed by atoms with Gasteiger partial charge in [-0.1, -0.05) is 30.7 Å². The minimum absolute atomic E-state index is 0.112. The smallest absolute Gasteiger partial charge is 0.308 e. The van der Waals surface area contributed by atoms with Crippen molar-refractivity contribution < 1.29 is 14.3 Å². The maximum atomic E-state index is 11.9. The van der Waals surface area contributed by atoms with E-state index in [1.54, 1.807) is 0 Å². The van der Waals surface area contributed by atoms with Gasteiger partial charge in [-0.2, -0.15) is 5.10 Å². The fourth-order valence-electron chi connectivity index (χ4n) is 5.45. The van der Waals surface area contributed by atoms with E-state index < -0.39 is 0 Å². The molecule has 2 aromatic rings. The largest absolute Gasteiger partial charge is 0.469 e. The molecule has 1 saturated heterocycles. The summed E-state index contributed by atoms with van der Waals surface area (Å²) in [4.78, 5) is 14.5. The van der Waals surface area contributed by atoms with Gasteiger partial charge in [0.25, 0.3) is 0 Å². The Labute approximate surface area is 202 Å². The number of benzene rings is 1. The average Bonchev–Trinajstić information content (AvgIpc) is 3.22. The summed E-state index contributed by atoms with van der Waals surface area (Å²) in [7, 11) is 3.49. The number of esters is 1. The van der Waals surface area contributed by atoms with Crippen molar-refractivity contribution >= 4 is 17.6 Å². The van der Waals surface area contributed by atoms with Crippen LogP contribution in [0.25, 0.3) is 0 Å². The van der Waals surface area contributed by atoms with Gasteiger partial charge in [-0.25, -0.2) is 0 Å². The third-order valence-corrected chi connectivity index (χ3v) is 7.61. The van der Waals surface area contributed by atoms with E-state index >= 15 is 0 Å². The van der Waals surface area contributed by atoms with Crippen LogP contribution < -0.4 is 0 Å². The Morgan fingerprint density at radius 3 is 2.58 bits per heavy atom. The van der Waals surface area contributed by atoms with Gasteiger partial charge in [0.2, 0.25) is 0 Å². The Balaban J connectivity index is 1.44. The van der Waals surface area contributed by atoms with Crippen LogP contribution in [0.15, 0.2) is 30.3 Å². The van der Waals surface area contributed by atoms with Gasteiger partial charge in [0, 0.05) is 42.3 Å². The van der Waals surface area contributed by atoms with E-state index in [-0.39, 0.29) is 12.1 Å². The summed E-state index contributed by atoms with van der Waals surface area (Å²) in [6.45, 7) is 3.58. The molecule has 6 nitrogen and oxygen atoms in total. The van der Waals surface area contributed by atoms with Crippen LogP contribution in [-0.4, -0.2) is 59.1 Å². The highest BCUT2D eigenvalue weighted by Gasteiger charge is 2.37. The standard InChI is InChI=1S/C26H36ClN3O3/c1-4-21-14-25(28-29(21)2)19-7-11-22(12-8-19)30-16-24(15-26(31)32-3)33-17-23(30)13-18-5-9-20(27)10-6-18/h5-6,9-10,14,19,22-24H,4,7-8,11-13,15-17H2,1-3H3. The first-order valence-corrected chi connectivity index (χ1v) is 12.6. The van der Waals surface area contributed by atoms with E-state index in [1.807, 2.05) is 23.9 Å². The van der Waals surface area contributed by atoms with E-state index in [0.29, 0.717) is 31.0 Å². The lowest BCUT2D eigenvalue weighted by molar-refractivity contribution is -0.148. The third kappa shape index (κ3) is 5.97. The Bertz CT molecular complexity index is 921. The van der Waals surface area contributed by atoms with Gasteiger partial charge in [0.1, 0.15) is 0 Å². The zero-order chi connectivity index (χ0) is 23.4. The van der Waals surface area contributed by atoms with Gasteiger partial charge in [0.15, 0.2) is 0 Å². The van der Waals surface area contributed by atoms with E-state index in [0.717, 1.165) is 50.1 Å². The van der Waals surface area contributed by atoms with Crippen molar-refractivity contribution in [2.45, 2.75) is 76.0 Å². The molecule has 2 fully saturated rings. The number of hydrogen-bond acceptors (Lipinski definition) is 5. The first kappa shape index (κ1) is 24.2. The first-order chi connectivity index (χ1) is 16.0. The van der Waals surface area contributed by atoms with Crippen molar-refractivity contribution in [1.29, 1.82) is 0 Å². The fourth-order valence-corrected chi connectivity index (χ4v) is 5.58. The van der Waals surface area contributed by atoms with Crippen molar-refractivity contribution in [2.24, 2.45) is 7.05 Å². The predicted octanol–water partition coefficient (Wildman–Crippen LogP) is 4.54. The predicted molar refractivity (Wildman–Crippen MR) is 130 cm³/mol. The highest BCUT2D eigenvalue weighted by molar-refractivity contribution is 6.30. The summed E-state index contributed by atoms with van der Waals surface area (Å²) < 4.78 is 13.0. The summed E-state index contributed by atoms with van der Waals surface area (Å²) >= 11 is 6.09. The molecule has 1 aliphatic heterocycles. The molecular weight excluding hydrogens is 438 g/mol. The Morgan fingerprint density at radius 1 is 1.21 bits per heavy atom. The minimum atomic E-state index is -0.207. The number of ether oxygens (including phenoxy) is 2. The van der Waals surface area contributed by atoms with Gasteiger partial charge in [-0.3, -0.25) is 14.4 Å². The zero-order valence-electron chi connectivity index (χ0n) is 20.0. The quantitative estimate of drug-likeness (QED) is 0.552. The summed E-state index contributed by atoms with van der Waals surface area (Å²) in [6, 6.07) is 11.2. The summed E-state index contributed by atoms with van der Waals surface area (Å²) in [5, 5.41) is 5.55. The number of hydrogen-bond donors (Lipinski definition) is 0. The van der Waals surface area contributed by atoms with Crippen molar-refractivity contribution in [3.8, 4) is 0 Å². The topological polar surface area (TPSA) is 56.6 Å². The normalized spacial score (nSPS) is 26.3. The second-order valence-electron chi connectivity index (χ2n) is 9.46. The molecule has 0 radical (unpaired) electrons. The lowest BCUT2D eigenvalue weighted by atomic mass is 9.82. The number of morpholine rings is 1. The molecular formula is C26H36ClN3O3. The SMILES string of the molecule is CCc1cc(C2CCC(N3CC(CC(=O)OC)OCC3Cc3ccc(Cl)cc3)CC2)nn1C. The Kier molecular flexibility index (Phi) is 8.10. The monoisotopic (exact) mass is 473 g/mol. The van der Waals surface area contributed by atoms with E-state index in [2.05, 4.69) is 30.0 Å². The van der Waals surface area contributed by atoms with Crippen molar-refractivity contribution in [3.05, 3.63) is 52.3 Å². The lowest BCUT2D eigenvalue weighted by Gasteiger charge is -2.46. The number of aryl methyl sites for hydroxylation is 2. The lowest BCUT2D eigenvalue weighted by Crippen LogP contribution is -2.55. The molecule has 180 valence electrons. The molecule has 1 aromatic carbocycles. The van der Waals surface area contributed by atoms with Crippen molar-refractivity contribution in [1.82, 2.24) is 14.7 Å². The van der Waals surface area contributed by atoms with Crippen LogP contribution in [0, 0.1) is 0 Å². The van der Waals surface area contributed by atoms with Crippen LogP contribution in [0.3, 0.4) is 0 Å². The summed E-state index contributed by atoms with van der Waals surface area (Å²) in [5.41, 5.74) is 3.81. The van der Waals surface area contributed by atoms with Gasteiger partial charge in [-0.05, 0) is 62.3 Å². The van der Waals surface area contributed by atoms with Crippen LogP contribution >= 0.6 is 11.6 Å². The number of methoxy groups -OCH3 is 1. The Hall–Kier alpha value is -1.89. The van der Waals surface area contributed by atoms with Gasteiger partial charge >= 0.3 is 5.97 Å². The van der Waals surface area contributed by atoms with Gasteiger partial charge in [-0.15, -0.1) is 0 Å². The molecule has 2 heterocycles. The number of aromatic nitrogens is 2. The summed E-state index contributed by atoms with van der Waals surface area (Å²) in [6.07, 6.45) is 6.72. The fraction of sp³-hybridized carbons (Fsp3) is 0.615. The van der Waals surface area contributed by atoms with Crippen LogP contribution in [0.1, 0.15) is 61.9 Å². The minimum Gasteiger partial charge on any atom is -0.469 e. The number of nitrogens with zero attached hydrogens (tertiary/aromatic N) is 3. The third-order valence-electron chi connectivity index (χ3n) is 7.36. The number of halogens is 1.